The second-order valence-electron chi connectivity index (χ2n) is 11.5. The molecule has 0 bridgehead atoms. The van der Waals surface area contributed by atoms with Crippen LogP contribution in [0.5, 0.6) is 5.75 Å². The molecule has 13 heteroatoms. The van der Waals surface area contributed by atoms with Crippen molar-refractivity contribution in [1.82, 2.24) is 14.0 Å². The van der Waals surface area contributed by atoms with E-state index in [9.17, 15) is 31.9 Å². The summed E-state index contributed by atoms with van der Waals surface area (Å²) in [5, 5.41) is 0. The molecule has 0 aliphatic carbocycles. The number of aromatic nitrogens is 2. The third-order valence-electron chi connectivity index (χ3n) is 8.26. The van der Waals surface area contributed by atoms with E-state index in [0.717, 1.165) is 32.9 Å². The lowest BCUT2D eigenvalue weighted by molar-refractivity contribution is -0.138. The summed E-state index contributed by atoms with van der Waals surface area (Å²) >= 11 is 0. The third-order valence-corrected chi connectivity index (χ3v) is 8.26. The van der Waals surface area contributed by atoms with Gasteiger partial charge in [0.2, 0.25) is 0 Å². The van der Waals surface area contributed by atoms with Crippen LogP contribution >= 0.6 is 0 Å². The molecule has 1 atom stereocenters. The normalized spacial score (nSPS) is 14.7. The smallest absolute Gasteiger partial charge is 0.416 e. The number of anilines is 1. The molecule has 1 aliphatic heterocycles. The Labute approximate surface area is 268 Å². The molecule has 0 spiro atoms. The molecule has 5 rings (SSSR count). The number of benzene rings is 3. The second-order valence-corrected chi connectivity index (χ2v) is 11.5. The van der Waals surface area contributed by atoms with Gasteiger partial charge in [0.05, 0.1) is 18.7 Å². The molecule has 0 saturated carbocycles. The molecule has 4 aromatic rings. The van der Waals surface area contributed by atoms with Crippen LogP contribution in [0.25, 0.3) is 0 Å². The summed E-state index contributed by atoms with van der Waals surface area (Å²) in [5.74, 6) is -1.10. The van der Waals surface area contributed by atoms with Crippen molar-refractivity contribution in [3.8, 4) is 5.75 Å². The number of piperazine rings is 1. The lowest BCUT2D eigenvalue weighted by atomic mass is 10.1. The lowest BCUT2D eigenvalue weighted by Crippen LogP contribution is -2.51. The molecule has 0 radical (unpaired) electrons. The first-order valence-corrected chi connectivity index (χ1v) is 15.1. The van der Waals surface area contributed by atoms with Crippen LogP contribution in [0.2, 0.25) is 0 Å². The Morgan fingerprint density at radius 1 is 0.915 bits per heavy atom. The van der Waals surface area contributed by atoms with Gasteiger partial charge in [0.1, 0.15) is 17.3 Å². The number of carbonyl (C=O) groups is 1. The van der Waals surface area contributed by atoms with Gasteiger partial charge in [0.15, 0.2) is 0 Å². The third kappa shape index (κ3) is 7.63. The van der Waals surface area contributed by atoms with Crippen molar-refractivity contribution in [2.24, 2.45) is 5.73 Å². The fourth-order valence-electron chi connectivity index (χ4n) is 5.90. The Morgan fingerprint density at radius 3 is 2.26 bits per heavy atom. The SMILES string of the molecule is CC(=O)Oc1cccc(CN2CCN(c3c(C)n(Cc4c(F)cccc4C(F)(F)F)c(=O)n(C[C@H](N)c4ccccc4)c3=O)CC2)c1. The molecule has 9 nitrogen and oxygen atoms in total. The molecule has 248 valence electrons. The summed E-state index contributed by atoms with van der Waals surface area (Å²) in [7, 11) is 0. The lowest BCUT2D eigenvalue weighted by Gasteiger charge is -2.37. The summed E-state index contributed by atoms with van der Waals surface area (Å²) in [4.78, 5) is 43.2. The predicted octanol–water partition coefficient (Wildman–Crippen LogP) is 4.47. The summed E-state index contributed by atoms with van der Waals surface area (Å²) in [6.45, 7) is 4.16. The molecule has 1 fully saturated rings. The second kappa shape index (κ2) is 13.9. The maximum absolute atomic E-state index is 15.0. The fourth-order valence-corrected chi connectivity index (χ4v) is 5.90. The van der Waals surface area contributed by atoms with Gasteiger partial charge in [-0.05, 0) is 42.3 Å². The van der Waals surface area contributed by atoms with Gasteiger partial charge in [-0.3, -0.25) is 23.6 Å². The van der Waals surface area contributed by atoms with Gasteiger partial charge in [-0.15, -0.1) is 0 Å². The highest BCUT2D eigenvalue weighted by atomic mass is 19.4. The number of hydrogen-bond donors (Lipinski definition) is 1. The first-order chi connectivity index (χ1) is 22.3. The Morgan fingerprint density at radius 2 is 1.60 bits per heavy atom. The van der Waals surface area contributed by atoms with Gasteiger partial charge in [-0.1, -0.05) is 48.5 Å². The summed E-state index contributed by atoms with van der Waals surface area (Å²) in [5.41, 5.74) is 4.85. The van der Waals surface area contributed by atoms with E-state index >= 15 is 0 Å². The Kier molecular flexibility index (Phi) is 9.96. The van der Waals surface area contributed by atoms with Gasteiger partial charge in [0, 0.05) is 56.9 Å². The number of nitrogens with zero attached hydrogens (tertiary/aromatic N) is 4. The van der Waals surface area contributed by atoms with Crippen LogP contribution in [-0.2, 0) is 30.6 Å². The number of rotatable bonds is 9. The van der Waals surface area contributed by atoms with Crippen molar-refractivity contribution in [1.29, 1.82) is 0 Å². The van der Waals surface area contributed by atoms with E-state index in [4.69, 9.17) is 10.5 Å². The van der Waals surface area contributed by atoms with Crippen molar-refractivity contribution >= 4 is 11.7 Å². The number of esters is 1. The number of carbonyl (C=O) groups excluding carboxylic acids is 1. The van der Waals surface area contributed by atoms with Crippen LogP contribution < -0.4 is 26.6 Å². The highest BCUT2D eigenvalue weighted by Gasteiger charge is 2.35. The van der Waals surface area contributed by atoms with E-state index in [2.05, 4.69) is 4.90 Å². The molecular formula is C34H35F4N5O4. The molecule has 2 N–H and O–H groups in total. The molecule has 1 aromatic heterocycles. The fraction of sp³-hybridized carbons (Fsp3) is 0.324. The van der Waals surface area contributed by atoms with E-state index in [1.165, 1.54) is 13.8 Å². The van der Waals surface area contributed by atoms with Crippen LogP contribution in [0.3, 0.4) is 0 Å². The monoisotopic (exact) mass is 653 g/mol. The average molecular weight is 654 g/mol. The topological polar surface area (TPSA) is 103 Å². The van der Waals surface area contributed by atoms with E-state index in [1.807, 2.05) is 6.07 Å². The zero-order chi connectivity index (χ0) is 33.9. The van der Waals surface area contributed by atoms with E-state index in [0.29, 0.717) is 44.0 Å². The zero-order valence-electron chi connectivity index (χ0n) is 26.0. The number of alkyl halides is 3. The van der Waals surface area contributed by atoms with Crippen molar-refractivity contribution in [3.05, 3.63) is 127 Å². The van der Waals surface area contributed by atoms with Crippen molar-refractivity contribution in [2.75, 3.05) is 31.1 Å². The predicted molar refractivity (Wildman–Crippen MR) is 169 cm³/mol. The van der Waals surface area contributed by atoms with Crippen LogP contribution in [0.15, 0.2) is 82.4 Å². The molecule has 2 heterocycles. The summed E-state index contributed by atoms with van der Waals surface area (Å²) in [6, 6.07) is 17.9. The first kappa shape index (κ1) is 33.6. The maximum Gasteiger partial charge on any atom is 0.416 e. The molecule has 0 unspecified atom stereocenters. The van der Waals surface area contributed by atoms with Gasteiger partial charge in [0.25, 0.3) is 5.56 Å². The van der Waals surface area contributed by atoms with E-state index in [-0.39, 0.29) is 17.9 Å². The zero-order valence-corrected chi connectivity index (χ0v) is 26.0. The number of halogens is 4. The van der Waals surface area contributed by atoms with Gasteiger partial charge >= 0.3 is 17.8 Å². The van der Waals surface area contributed by atoms with Gasteiger partial charge in [-0.25, -0.2) is 9.18 Å². The number of nitrogens with two attached hydrogens (primary N) is 1. The summed E-state index contributed by atoms with van der Waals surface area (Å²) in [6.07, 6.45) is -4.87. The maximum atomic E-state index is 15.0. The van der Waals surface area contributed by atoms with Crippen LogP contribution in [0.1, 0.15) is 40.9 Å². The Bertz CT molecular complexity index is 1870. The molecular weight excluding hydrogens is 618 g/mol. The number of ether oxygens (including phenoxy) is 1. The Balaban J connectivity index is 1.49. The minimum atomic E-state index is -4.87. The van der Waals surface area contributed by atoms with Crippen molar-refractivity contribution in [3.63, 3.8) is 0 Å². The van der Waals surface area contributed by atoms with Crippen LogP contribution in [0, 0.1) is 12.7 Å². The molecule has 47 heavy (non-hydrogen) atoms. The minimum Gasteiger partial charge on any atom is -0.427 e. The average Bonchev–Trinajstić information content (AvgIpc) is 3.02. The highest BCUT2D eigenvalue weighted by Crippen LogP contribution is 2.33. The highest BCUT2D eigenvalue weighted by molar-refractivity contribution is 5.69. The molecule has 1 saturated heterocycles. The van der Waals surface area contributed by atoms with Crippen molar-refractivity contribution in [2.45, 2.75) is 45.7 Å². The van der Waals surface area contributed by atoms with E-state index in [1.54, 1.807) is 53.4 Å². The standard InChI is InChI=1S/C34H35F4N5O4/c1-22-31(41-16-14-40(15-17-41)19-24-8-6-11-26(18-24)47-23(2)44)32(45)43(21-30(39)25-9-4-3-5-10-25)33(46)42(22)20-27-28(34(36,37)38)12-7-13-29(27)35/h3-13,18,30H,14-17,19-21,39H2,1-2H3/t30-/m0/s1. The van der Waals surface area contributed by atoms with Crippen LogP contribution in [0.4, 0.5) is 23.2 Å². The van der Waals surface area contributed by atoms with Crippen molar-refractivity contribution < 1.29 is 27.1 Å². The molecule has 3 aromatic carbocycles. The molecule has 1 aliphatic rings. The quantitative estimate of drug-likeness (QED) is 0.162. The molecule has 0 amide bonds. The Hall–Kier alpha value is -4.75. The van der Waals surface area contributed by atoms with E-state index < -0.39 is 52.9 Å². The largest absolute Gasteiger partial charge is 0.427 e. The van der Waals surface area contributed by atoms with Crippen LogP contribution in [-0.4, -0.2) is 46.2 Å². The van der Waals surface area contributed by atoms with Gasteiger partial charge in [-0.2, -0.15) is 13.2 Å². The number of hydrogen-bond acceptors (Lipinski definition) is 7. The first-order valence-electron chi connectivity index (χ1n) is 15.1. The summed E-state index contributed by atoms with van der Waals surface area (Å²) < 4.78 is 63.8. The minimum absolute atomic E-state index is 0.128. The van der Waals surface area contributed by atoms with Gasteiger partial charge < -0.3 is 15.4 Å².